The first-order valence-corrected chi connectivity index (χ1v) is 7.87. The molecule has 0 atom stereocenters. The first kappa shape index (κ1) is 17.5. The van der Waals surface area contributed by atoms with Crippen molar-refractivity contribution in [2.24, 2.45) is 5.92 Å². The van der Waals surface area contributed by atoms with Crippen LogP contribution in [0.15, 0.2) is 30.5 Å². The molecule has 0 fully saturated rings. The van der Waals surface area contributed by atoms with E-state index in [9.17, 15) is 9.90 Å². The van der Waals surface area contributed by atoms with E-state index in [1.165, 1.54) is 0 Å². The van der Waals surface area contributed by atoms with Gasteiger partial charge in [0.05, 0.1) is 10.6 Å². The van der Waals surface area contributed by atoms with E-state index in [1.807, 2.05) is 11.0 Å². The van der Waals surface area contributed by atoms with Crippen molar-refractivity contribution in [3.8, 4) is 0 Å². The van der Waals surface area contributed by atoms with E-state index in [4.69, 9.17) is 23.2 Å². The number of carboxylic acid groups (broad SMARTS) is 1. The van der Waals surface area contributed by atoms with Gasteiger partial charge in [0.2, 0.25) is 5.28 Å². The minimum absolute atomic E-state index is 0.0920. The van der Waals surface area contributed by atoms with Crippen molar-refractivity contribution in [1.82, 2.24) is 9.97 Å². The zero-order chi connectivity index (χ0) is 17.0. The van der Waals surface area contributed by atoms with Gasteiger partial charge in [-0.15, -0.1) is 0 Å². The zero-order valence-corrected chi connectivity index (χ0v) is 14.3. The summed E-state index contributed by atoms with van der Waals surface area (Å²) in [6, 6.07) is 6.77. The third kappa shape index (κ3) is 4.81. The third-order valence-corrected chi connectivity index (χ3v) is 3.67. The van der Waals surface area contributed by atoms with Crippen LogP contribution in [0.2, 0.25) is 10.3 Å². The Labute approximate surface area is 144 Å². The summed E-state index contributed by atoms with van der Waals surface area (Å²) in [7, 11) is 0. The molecule has 0 radical (unpaired) electrons. The lowest BCUT2D eigenvalue weighted by molar-refractivity contribution is 0.0697. The molecule has 0 aliphatic carbocycles. The SMILES string of the molecule is CC(C)CN(Cc1ccc(Cl)c(C(=O)O)c1)c1ccnc(Cl)n1. The second-order valence-electron chi connectivity index (χ2n) is 5.58. The van der Waals surface area contributed by atoms with E-state index in [0.717, 1.165) is 12.1 Å². The van der Waals surface area contributed by atoms with Gasteiger partial charge in [0.25, 0.3) is 0 Å². The topological polar surface area (TPSA) is 66.3 Å². The fourth-order valence-corrected chi connectivity index (χ4v) is 2.58. The average Bonchev–Trinajstić information content (AvgIpc) is 2.47. The molecule has 2 rings (SSSR count). The molecule has 7 heteroatoms. The van der Waals surface area contributed by atoms with Crippen LogP contribution >= 0.6 is 23.2 Å². The van der Waals surface area contributed by atoms with Crippen molar-refractivity contribution in [3.05, 3.63) is 51.9 Å². The largest absolute Gasteiger partial charge is 0.478 e. The Morgan fingerprint density at radius 3 is 2.65 bits per heavy atom. The maximum atomic E-state index is 11.2. The molecular weight excluding hydrogens is 337 g/mol. The van der Waals surface area contributed by atoms with Crippen molar-refractivity contribution >= 4 is 35.0 Å². The highest BCUT2D eigenvalue weighted by Gasteiger charge is 2.14. The standard InChI is InChI=1S/C16H17Cl2N3O2/c1-10(2)8-21(14-5-6-19-16(18)20-14)9-11-3-4-13(17)12(7-11)15(22)23/h3-7,10H,8-9H2,1-2H3,(H,22,23). The molecule has 1 aromatic heterocycles. The highest BCUT2D eigenvalue weighted by atomic mass is 35.5. The molecule has 5 nitrogen and oxygen atoms in total. The van der Waals surface area contributed by atoms with Crippen LogP contribution < -0.4 is 4.90 Å². The number of benzene rings is 1. The average molecular weight is 354 g/mol. The molecule has 0 spiro atoms. The van der Waals surface area contributed by atoms with E-state index in [0.29, 0.717) is 18.3 Å². The maximum Gasteiger partial charge on any atom is 0.337 e. The highest BCUT2D eigenvalue weighted by molar-refractivity contribution is 6.33. The van der Waals surface area contributed by atoms with Crippen molar-refractivity contribution < 1.29 is 9.90 Å². The van der Waals surface area contributed by atoms with Gasteiger partial charge in [0.15, 0.2) is 0 Å². The molecule has 1 heterocycles. The van der Waals surface area contributed by atoms with Gasteiger partial charge in [-0.25, -0.2) is 14.8 Å². The highest BCUT2D eigenvalue weighted by Crippen LogP contribution is 2.22. The van der Waals surface area contributed by atoms with E-state index in [-0.39, 0.29) is 15.9 Å². The fourth-order valence-electron chi connectivity index (χ4n) is 2.24. The van der Waals surface area contributed by atoms with Gasteiger partial charge >= 0.3 is 5.97 Å². The van der Waals surface area contributed by atoms with Crippen LogP contribution in [0.25, 0.3) is 0 Å². The van der Waals surface area contributed by atoms with Gasteiger partial charge in [-0.05, 0) is 41.3 Å². The van der Waals surface area contributed by atoms with Crippen LogP contribution in [0, 0.1) is 5.92 Å². The van der Waals surface area contributed by atoms with Gasteiger partial charge in [-0.2, -0.15) is 0 Å². The van der Waals surface area contributed by atoms with Gasteiger partial charge in [-0.1, -0.05) is 31.5 Å². The number of aromatic carboxylic acids is 1. The summed E-state index contributed by atoms with van der Waals surface area (Å²) in [4.78, 5) is 21.4. The number of nitrogens with zero attached hydrogens (tertiary/aromatic N) is 3. The summed E-state index contributed by atoms with van der Waals surface area (Å²) in [6.45, 7) is 5.45. The Bertz CT molecular complexity index is 707. The summed E-state index contributed by atoms with van der Waals surface area (Å²) in [5.74, 6) is 0.0536. The molecule has 122 valence electrons. The second kappa shape index (κ2) is 7.62. The summed E-state index contributed by atoms with van der Waals surface area (Å²) in [5, 5.41) is 9.59. The van der Waals surface area contributed by atoms with Crippen LogP contribution in [0.3, 0.4) is 0 Å². The lowest BCUT2D eigenvalue weighted by Crippen LogP contribution is -2.28. The molecule has 2 aromatic rings. The molecular formula is C16H17Cl2N3O2. The molecule has 1 N–H and O–H groups in total. The van der Waals surface area contributed by atoms with Crippen LogP contribution in [0.4, 0.5) is 5.82 Å². The fraction of sp³-hybridized carbons (Fsp3) is 0.312. The Morgan fingerprint density at radius 2 is 2.04 bits per heavy atom. The maximum absolute atomic E-state index is 11.2. The number of aromatic nitrogens is 2. The minimum atomic E-state index is -1.04. The Balaban J connectivity index is 2.31. The van der Waals surface area contributed by atoms with Crippen LogP contribution in [0.1, 0.15) is 29.8 Å². The molecule has 23 heavy (non-hydrogen) atoms. The Kier molecular flexibility index (Phi) is 5.80. The lowest BCUT2D eigenvalue weighted by Gasteiger charge is -2.26. The number of carbonyl (C=O) groups is 1. The first-order valence-electron chi connectivity index (χ1n) is 7.12. The van der Waals surface area contributed by atoms with E-state index >= 15 is 0 Å². The molecule has 0 saturated heterocycles. The van der Waals surface area contributed by atoms with Crippen LogP contribution in [0.5, 0.6) is 0 Å². The van der Waals surface area contributed by atoms with Crippen molar-refractivity contribution in [3.63, 3.8) is 0 Å². The van der Waals surface area contributed by atoms with Crippen LogP contribution in [-0.2, 0) is 6.54 Å². The first-order chi connectivity index (χ1) is 10.9. The Hall–Kier alpha value is -1.85. The monoisotopic (exact) mass is 353 g/mol. The summed E-state index contributed by atoms with van der Waals surface area (Å²) in [5.41, 5.74) is 0.927. The van der Waals surface area contributed by atoms with Crippen molar-refractivity contribution in [2.75, 3.05) is 11.4 Å². The van der Waals surface area contributed by atoms with E-state index in [1.54, 1.807) is 24.4 Å². The molecule has 0 amide bonds. The normalized spacial score (nSPS) is 10.8. The quantitative estimate of drug-likeness (QED) is 0.790. The number of hydrogen-bond donors (Lipinski definition) is 1. The van der Waals surface area contributed by atoms with Crippen LogP contribution in [-0.4, -0.2) is 27.6 Å². The zero-order valence-electron chi connectivity index (χ0n) is 12.8. The van der Waals surface area contributed by atoms with Crippen molar-refractivity contribution in [1.29, 1.82) is 0 Å². The van der Waals surface area contributed by atoms with E-state index < -0.39 is 5.97 Å². The molecule has 0 saturated carbocycles. The molecule has 0 aliphatic heterocycles. The number of anilines is 1. The van der Waals surface area contributed by atoms with Gasteiger partial charge in [0, 0.05) is 19.3 Å². The minimum Gasteiger partial charge on any atom is -0.478 e. The summed E-state index contributed by atoms with van der Waals surface area (Å²) >= 11 is 11.8. The number of halogens is 2. The van der Waals surface area contributed by atoms with E-state index in [2.05, 4.69) is 23.8 Å². The number of carboxylic acids is 1. The van der Waals surface area contributed by atoms with Crippen molar-refractivity contribution in [2.45, 2.75) is 20.4 Å². The second-order valence-corrected chi connectivity index (χ2v) is 6.32. The summed E-state index contributed by atoms with van der Waals surface area (Å²) in [6.07, 6.45) is 1.60. The van der Waals surface area contributed by atoms with Gasteiger partial charge in [0.1, 0.15) is 5.82 Å². The summed E-state index contributed by atoms with van der Waals surface area (Å²) < 4.78 is 0. The Morgan fingerprint density at radius 1 is 1.30 bits per heavy atom. The molecule has 1 aromatic carbocycles. The lowest BCUT2D eigenvalue weighted by atomic mass is 10.1. The molecule has 0 bridgehead atoms. The molecule has 0 unspecified atom stereocenters. The van der Waals surface area contributed by atoms with Gasteiger partial charge in [-0.3, -0.25) is 0 Å². The number of rotatable bonds is 6. The number of hydrogen-bond acceptors (Lipinski definition) is 4. The molecule has 0 aliphatic rings. The predicted molar refractivity (Wildman–Crippen MR) is 91.3 cm³/mol. The smallest absolute Gasteiger partial charge is 0.337 e. The third-order valence-electron chi connectivity index (χ3n) is 3.16. The predicted octanol–water partition coefficient (Wildman–Crippen LogP) is 4.14. The van der Waals surface area contributed by atoms with Gasteiger partial charge < -0.3 is 10.0 Å².